The number of nitrogens with zero attached hydrogens (tertiary/aromatic N) is 1. The molecule has 0 spiro atoms. The summed E-state index contributed by atoms with van der Waals surface area (Å²) in [5.74, 6) is 0.00774. The standard InChI is InChI=1S/C11H17N3O/c1-9(11-3-5-12-6-4-11)13-7-8-14-10(2)15/h3-6,9,13H,7-8H2,1-2H3,(H,14,15). The number of hydrogen-bond acceptors (Lipinski definition) is 3. The first-order valence-corrected chi connectivity index (χ1v) is 5.08. The Morgan fingerprint density at radius 1 is 1.40 bits per heavy atom. The summed E-state index contributed by atoms with van der Waals surface area (Å²) in [5.41, 5.74) is 1.20. The normalized spacial score (nSPS) is 12.1. The average molecular weight is 207 g/mol. The van der Waals surface area contributed by atoms with Crippen molar-refractivity contribution in [1.82, 2.24) is 15.6 Å². The molecule has 0 aliphatic heterocycles. The molecule has 0 bridgehead atoms. The Balaban J connectivity index is 2.25. The van der Waals surface area contributed by atoms with Crippen molar-refractivity contribution < 1.29 is 4.79 Å². The molecule has 0 saturated heterocycles. The molecule has 1 heterocycles. The second kappa shape index (κ2) is 6.14. The highest BCUT2D eigenvalue weighted by molar-refractivity contribution is 5.72. The van der Waals surface area contributed by atoms with Gasteiger partial charge in [0.15, 0.2) is 0 Å². The number of amides is 1. The predicted molar refractivity (Wildman–Crippen MR) is 59.3 cm³/mol. The number of nitrogens with one attached hydrogen (secondary N) is 2. The molecule has 0 aromatic carbocycles. The van der Waals surface area contributed by atoms with Crippen LogP contribution in [-0.4, -0.2) is 24.0 Å². The third-order valence-electron chi connectivity index (χ3n) is 2.16. The van der Waals surface area contributed by atoms with Gasteiger partial charge in [-0.05, 0) is 24.6 Å². The second-order valence-corrected chi connectivity index (χ2v) is 3.44. The molecule has 1 atom stereocenters. The fraction of sp³-hybridized carbons (Fsp3) is 0.455. The summed E-state index contributed by atoms with van der Waals surface area (Å²) in [6.45, 7) is 5.03. The summed E-state index contributed by atoms with van der Waals surface area (Å²) in [4.78, 5) is 14.6. The zero-order valence-electron chi connectivity index (χ0n) is 9.16. The second-order valence-electron chi connectivity index (χ2n) is 3.44. The van der Waals surface area contributed by atoms with Crippen LogP contribution < -0.4 is 10.6 Å². The Morgan fingerprint density at radius 3 is 2.67 bits per heavy atom. The SMILES string of the molecule is CC(=O)NCCNC(C)c1ccncc1. The molecule has 1 amide bonds. The average Bonchev–Trinajstić information content (AvgIpc) is 2.25. The first-order chi connectivity index (χ1) is 7.20. The molecular formula is C11H17N3O. The molecule has 2 N–H and O–H groups in total. The van der Waals surface area contributed by atoms with Crippen molar-refractivity contribution in [3.05, 3.63) is 30.1 Å². The first-order valence-electron chi connectivity index (χ1n) is 5.08. The molecule has 0 fully saturated rings. The van der Waals surface area contributed by atoms with Crippen LogP contribution in [0.25, 0.3) is 0 Å². The summed E-state index contributed by atoms with van der Waals surface area (Å²) in [5, 5.41) is 6.05. The minimum Gasteiger partial charge on any atom is -0.355 e. The zero-order valence-corrected chi connectivity index (χ0v) is 9.16. The summed E-state index contributed by atoms with van der Waals surface area (Å²) in [6, 6.07) is 4.24. The molecule has 15 heavy (non-hydrogen) atoms. The van der Waals surface area contributed by atoms with Crippen molar-refractivity contribution in [2.75, 3.05) is 13.1 Å². The lowest BCUT2D eigenvalue weighted by molar-refractivity contribution is -0.118. The van der Waals surface area contributed by atoms with Crippen molar-refractivity contribution >= 4 is 5.91 Å². The van der Waals surface area contributed by atoms with Gasteiger partial charge in [0.25, 0.3) is 0 Å². The molecule has 4 nitrogen and oxygen atoms in total. The zero-order chi connectivity index (χ0) is 11.1. The minimum atomic E-state index is 0.00774. The van der Waals surface area contributed by atoms with Crippen LogP contribution in [0, 0.1) is 0 Å². The third kappa shape index (κ3) is 4.56. The van der Waals surface area contributed by atoms with E-state index in [0.717, 1.165) is 6.54 Å². The molecule has 82 valence electrons. The molecule has 0 aliphatic carbocycles. The highest BCUT2D eigenvalue weighted by Gasteiger charge is 2.02. The van der Waals surface area contributed by atoms with Gasteiger partial charge in [0, 0.05) is 38.4 Å². The lowest BCUT2D eigenvalue weighted by atomic mass is 10.1. The molecule has 0 saturated carbocycles. The van der Waals surface area contributed by atoms with Crippen molar-refractivity contribution in [3.8, 4) is 0 Å². The Labute approximate surface area is 90.1 Å². The molecule has 1 aromatic heterocycles. The molecule has 1 aromatic rings. The summed E-state index contributed by atoms with van der Waals surface area (Å²) < 4.78 is 0. The highest BCUT2D eigenvalue weighted by Crippen LogP contribution is 2.08. The van der Waals surface area contributed by atoms with Gasteiger partial charge in [-0.2, -0.15) is 0 Å². The van der Waals surface area contributed by atoms with E-state index >= 15 is 0 Å². The van der Waals surface area contributed by atoms with Gasteiger partial charge in [-0.25, -0.2) is 0 Å². The van der Waals surface area contributed by atoms with Gasteiger partial charge in [-0.3, -0.25) is 9.78 Å². The van der Waals surface area contributed by atoms with Crippen LogP contribution in [0.15, 0.2) is 24.5 Å². The van der Waals surface area contributed by atoms with Gasteiger partial charge >= 0.3 is 0 Å². The van der Waals surface area contributed by atoms with Gasteiger partial charge in [0.2, 0.25) is 5.91 Å². The molecular weight excluding hydrogens is 190 g/mol. The Kier molecular flexibility index (Phi) is 4.77. The Hall–Kier alpha value is -1.42. The predicted octanol–water partition coefficient (Wildman–Crippen LogP) is 0.868. The van der Waals surface area contributed by atoms with Gasteiger partial charge in [0.05, 0.1) is 0 Å². The fourth-order valence-electron chi connectivity index (χ4n) is 1.30. The third-order valence-corrected chi connectivity index (χ3v) is 2.16. The van der Waals surface area contributed by atoms with E-state index in [1.165, 1.54) is 12.5 Å². The summed E-state index contributed by atoms with van der Waals surface area (Å²) in [7, 11) is 0. The van der Waals surface area contributed by atoms with Crippen LogP contribution in [0.1, 0.15) is 25.5 Å². The smallest absolute Gasteiger partial charge is 0.216 e. The van der Waals surface area contributed by atoms with Crippen LogP contribution in [0.5, 0.6) is 0 Å². The van der Waals surface area contributed by atoms with Crippen molar-refractivity contribution in [2.45, 2.75) is 19.9 Å². The van der Waals surface area contributed by atoms with E-state index in [9.17, 15) is 4.79 Å². The fourth-order valence-corrected chi connectivity index (χ4v) is 1.30. The number of carbonyl (C=O) groups excluding carboxylic acids is 1. The number of pyridine rings is 1. The largest absolute Gasteiger partial charge is 0.355 e. The van der Waals surface area contributed by atoms with Gasteiger partial charge in [0.1, 0.15) is 0 Å². The first kappa shape index (κ1) is 11.7. The van der Waals surface area contributed by atoms with Crippen LogP contribution in [0.4, 0.5) is 0 Å². The number of aromatic nitrogens is 1. The van der Waals surface area contributed by atoms with E-state index in [1.807, 2.05) is 12.1 Å². The van der Waals surface area contributed by atoms with Crippen LogP contribution in [0.2, 0.25) is 0 Å². The summed E-state index contributed by atoms with van der Waals surface area (Å²) >= 11 is 0. The van der Waals surface area contributed by atoms with Gasteiger partial charge in [-0.15, -0.1) is 0 Å². The maximum Gasteiger partial charge on any atom is 0.216 e. The Morgan fingerprint density at radius 2 is 2.07 bits per heavy atom. The van der Waals surface area contributed by atoms with E-state index in [2.05, 4.69) is 22.5 Å². The van der Waals surface area contributed by atoms with E-state index in [1.54, 1.807) is 12.4 Å². The molecule has 0 aliphatic rings. The molecule has 1 unspecified atom stereocenters. The van der Waals surface area contributed by atoms with Gasteiger partial charge in [-0.1, -0.05) is 0 Å². The van der Waals surface area contributed by atoms with Crippen molar-refractivity contribution in [3.63, 3.8) is 0 Å². The minimum absolute atomic E-state index is 0.00774. The van der Waals surface area contributed by atoms with Crippen LogP contribution in [0.3, 0.4) is 0 Å². The quantitative estimate of drug-likeness (QED) is 0.704. The highest BCUT2D eigenvalue weighted by atomic mass is 16.1. The topological polar surface area (TPSA) is 54.0 Å². The van der Waals surface area contributed by atoms with Crippen molar-refractivity contribution in [1.29, 1.82) is 0 Å². The lowest BCUT2D eigenvalue weighted by Crippen LogP contribution is -2.31. The maximum atomic E-state index is 10.6. The number of hydrogen-bond donors (Lipinski definition) is 2. The monoisotopic (exact) mass is 207 g/mol. The molecule has 1 rings (SSSR count). The molecule has 0 radical (unpaired) electrons. The van der Waals surface area contributed by atoms with Gasteiger partial charge < -0.3 is 10.6 Å². The number of rotatable bonds is 5. The van der Waals surface area contributed by atoms with Crippen molar-refractivity contribution in [2.24, 2.45) is 0 Å². The Bertz CT molecular complexity index is 300. The van der Waals surface area contributed by atoms with E-state index in [4.69, 9.17) is 0 Å². The number of carbonyl (C=O) groups is 1. The maximum absolute atomic E-state index is 10.6. The summed E-state index contributed by atoms with van der Waals surface area (Å²) in [6.07, 6.45) is 3.56. The van der Waals surface area contributed by atoms with E-state index < -0.39 is 0 Å². The van der Waals surface area contributed by atoms with Crippen LogP contribution >= 0.6 is 0 Å². The van der Waals surface area contributed by atoms with E-state index in [-0.39, 0.29) is 11.9 Å². The molecule has 4 heteroatoms. The lowest BCUT2D eigenvalue weighted by Gasteiger charge is -2.13. The van der Waals surface area contributed by atoms with Crippen LogP contribution in [-0.2, 0) is 4.79 Å². The van der Waals surface area contributed by atoms with E-state index in [0.29, 0.717) is 6.54 Å².